The number of halogens is 2. The van der Waals surface area contributed by atoms with Crippen molar-refractivity contribution in [3.8, 4) is 11.5 Å². The molecule has 4 nitrogen and oxygen atoms in total. The van der Waals surface area contributed by atoms with Gasteiger partial charge in [0.2, 0.25) is 5.91 Å². The van der Waals surface area contributed by atoms with Crippen LogP contribution in [0.1, 0.15) is 10.4 Å². The van der Waals surface area contributed by atoms with Gasteiger partial charge < -0.3 is 16.2 Å². The number of hydrogen-bond donors (Lipinski definition) is 2. The first-order chi connectivity index (χ1) is 8.97. The van der Waals surface area contributed by atoms with E-state index in [9.17, 15) is 9.18 Å². The number of ether oxygens (including phenoxy) is 1. The highest BCUT2D eigenvalue weighted by Crippen LogP contribution is 2.30. The number of amides is 1. The number of carbonyl (C=O) groups is 1. The Morgan fingerprint density at radius 1 is 1.21 bits per heavy atom. The van der Waals surface area contributed by atoms with Crippen molar-refractivity contribution in [2.24, 2.45) is 5.73 Å². The molecule has 0 saturated carbocycles. The predicted molar refractivity (Wildman–Crippen MR) is 70.9 cm³/mol. The standard InChI is InChI=1S/C13H10ClFN2O2/c14-9-3-2-8(6-10(9)15)19-12-5-7(13(17)18)1-4-11(12)16/h1-6H,16H2,(H2,17,18). The fourth-order valence-electron chi connectivity index (χ4n) is 1.44. The number of anilines is 1. The van der Waals surface area contributed by atoms with Crippen LogP contribution in [0, 0.1) is 5.82 Å². The van der Waals surface area contributed by atoms with Gasteiger partial charge in [0, 0.05) is 11.6 Å². The number of carbonyl (C=O) groups excluding carboxylic acids is 1. The number of primary amides is 1. The van der Waals surface area contributed by atoms with Crippen LogP contribution < -0.4 is 16.2 Å². The summed E-state index contributed by atoms with van der Waals surface area (Å²) in [6, 6.07) is 8.33. The van der Waals surface area contributed by atoms with Crippen molar-refractivity contribution >= 4 is 23.2 Å². The minimum absolute atomic E-state index is 0.00814. The van der Waals surface area contributed by atoms with Crippen LogP contribution in [-0.2, 0) is 0 Å². The maximum Gasteiger partial charge on any atom is 0.248 e. The van der Waals surface area contributed by atoms with Gasteiger partial charge in [-0.15, -0.1) is 0 Å². The zero-order valence-corrected chi connectivity index (χ0v) is 10.4. The number of rotatable bonds is 3. The van der Waals surface area contributed by atoms with E-state index < -0.39 is 11.7 Å². The maximum absolute atomic E-state index is 13.3. The first-order valence-corrected chi connectivity index (χ1v) is 5.67. The summed E-state index contributed by atoms with van der Waals surface area (Å²) in [7, 11) is 0. The van der Waals surface area contributed by atoms with Gasteiger partial charge in [-0.25, -0.2) is 4.39 Å². The molecule has 0 unspecified atom stereocenters. The zero-order chi connectivity index (χ0) is 14.0. The summed E-state index contributed by atoms with van der Waals surface area (Å²) in [4.78, 5) is 11.1. The molecule has 0 bridgehead atoms. The molecule has 0 saturated heterocycles. The molecule has 2 aromatic rings. The molecule has 0 aliphatic rings. The number of nitrogen functional groups attached to an aromatic ring is 1. The number of benzene rings is 2. The zero-order valence-electron chi connectivity index (χ0n) is 9.69. The molecule has 98 valence electrons. The lowest BCUT2D eigenvalue weighted by atomic mass is 10.2. The molecule has 0 fully saturated rings. The molecule has 19 heavy (non-hydrogen) atoms. The van der Waals surface area contributed by atoms with E-state index >= 15 is 0 Å². The molecule has 6 heteroatoms. The van der Waals surface area contributed by atoms with E-state index in [-0.39, 0.29) is 22.1 Å². The molecular formula is C13H10ClFN2O2. The van der Waals surface area contributed by atoms with Crippen LogP contribution in [0.4, 0.5) is 10.1 Å². The minimum Gasteiger partial charge on any atom is -0.455 e. The van der Waals surface area contributed by atoms with Crippen molar-refractivity contribution in [2.45, 2.75) is 0 Å². The first-order valence-electron chi connectivity index (χ1n) is 5.29. The smallest absolute Gasteiger partial charge is 0.248 e. The second kappa shape index (κ2) is 5.16. The van der Waals surface area contributed by atoms with Gasteiger partial charge in [0.15, 0.2) is 5.75 Å². The molecule has 4 N–H and O–H groups in total. The van der Waals surface area contributed by atoms with Crippen molar-refractivity contribution in [1.82, 2.24) is 0 Å². The van der Waals surface area contributed by atoms with Crippen LogP contribution >= 0.6 is 11.6 Å². The van der Waals surface area contributed by atoms with Crippen molar-refractivity contribution in [3.63, 3.8) is 0 Å². The van der Waals surface area contributed by atoms with Gasteiger partial charge in [0.25, 0.3) is 0 Å². The van der Waals surface area contributed by atoms with Crippen molar-refractivity contribution in [3.05, 3.63) is 52.8 Å². The Bertz CT molecular complexity index is 647. The lowest BCUT2D eigenvalue weighted by Gasteiger charge is -2.09. The van der Waals surface area contributed by atoms with E-state index in [1.165, 1.54) is 30.3 Å². The van der Waals surface area contributed by atoms with Gasteiger partial charge in [-0.3, -0.25) is 4.79 Å². The largest absolute Gasteiger partial charge is 0.455 e. The Kier molecular flexibility index (Phi) is 3.57. The van der Waals surface area contributed by atoms with E-state index in [2.05, 4.69) is 0 Å². The van der Waals surface area contributed by atoms with Gasteiger partial charge in [-0.1, -0.05) is 11.6 Å². The van der Waals surface area contributed by atoms with E-state index in [4.69, 9.17) is 27.8 Å². The summed E-state index contributed by atoms with van der Waals surface area (Å²) in [5.74, 6) is -0.774. The molecule has 0 aliphatic carbocycles. The normalized spacial score (nSPS) is 10.2. The van der Waals surface area contributed by atoms with Gasteiger partial charge in [-0.05, 0) is 30.3 Å². The van der Waals surface area contributed by atoms with Crippen LogP contribution in [0.2, 0.25) is 5.02 Å². The lowest BCUT2D eigenvalue weighted by molar-refractivity contribution is 0.1000. The lowest BCUT2D eigenvalue weighted by Crippen LogP contribution is -2.11. The number of nitrogens with two attached hydrogens (primary N) is 2. The summed E-state index contributed by atoms with van der Waals surface area (Å²) < 4.78 is 18.7. The SMILES string of the molecule is NC(=O)c1ccc(N)c(Oc2ccc(Cl)c(F)c2)c1. The summed E-state index contributed by atoms with van der Waals surface area (Å²) in [5, 5.41) is -0.00814. The molecular weight excluding hydrogens is 271 g/mol. The third kappa shape index (κ3) is 2.95. The highest BCUT2D eigenvalue weighted by Gasteiger charge is 2.09. The Morgan fingerprint density at radius 2 is 1.95 bits per heavy atom. The molecule has 2 rings (SSSR count). The van der Waals surface area contributed by atoms with Crippen molar-refractivity contribution in [1.29, 1.82) is 0 Å². The first kappa shape index (κ1) is 13.2. The van der Waals surface area contributed by atoms with E-state index in [0.717, 1.165) is 6.07 Å². The molecule has 0 heterocycles. The molecule has 0 atom stereocenters. The Balaban J connectivity index is 2.34. The third-order valence-corrected chi connectivity index (χ3v) is 2.72. The molecule has 0 aromatic heterocycles. The third-order valence-electron chi connectivity index (χ3n) is 2.42. The van der Waals surface area contributed by atoms with E-state index in [1.807, 2.05) is 0 Å². The second-order valence-corrected chi connectivity index (χ2v) is 4.20. The summed E-state index contributed by atoms with van der Waals surface area (Å²) in [6.45, 7) is 0. The van der Waals surface area contributed by atoms with Gasteiger partial charge >= 0.3 is 0 Å². The van der Waals surface area contributed by atoms with Crippen LogP contribution in [0.3, 0.4) is 0 Å². The van der Waals surface area contributed by atoms with Crippen LogP contribution in [0.25, 0.3) is 0 Å². The summed E-state index contributed by atoms with van der Waals surface area (Å²) in [5.41, 5.74) is 11.4. The fraction of sp³-hybridized carbons (Fsp3) is 0. The molecule has 2 aromatic carbocycles. The van der Waals surface area contributed by atoms with Crippen LogP contribution in [-0.4, -0.2) is 5.91 Å². The summed E-state index contributed by atoms with van der Waals surface area (Å²) in [6.07, 6.45) is 0. The molecule has 1 amide bonds. The average molecular weight is 281 g/mol. The van der Waals surface area contributed by atoms with Gasteiger partial charge in [0.1, 0.15) is 11.6 Å². The Labute approximate surface area is 113 Å². The van der Waals surface area contributed by atoms with Crippen molar-refractivity contribution in [2.75, 3.05) is 5.73 Å². The van der Waals surface area contributed by atoms with Crippen molar-refractivity contribution < 1.29 is 13.9 Å². The van der Waals surface area contributed by atoms with Gasteiger partial charge in [-0.2, -0.15) is 0 Å². The minimum atomic E-state index is -0.608. The molecule has 0 aliphatic heterocycles. The monoisotopic (exact) mass is 280 g/mol. The van der Waals surface area contributed by atoms with Gasteiger partial charge in [0.05, 0.1) is 10.7 Å². The molecule has 0 spiro atoms. The highest BCUT2D eigenvalue weighted by atomic mass is 35.5. The second-order valence-electron chi connectivity index (χ2n) is 3.79. The Morgan fingerprint density at radius 3 is 2.58 bits per heavy atom. The Hall–Kier alpha value is -2.27. The molecule has 0 radical (unpaired) electrons. The maximum atomic E-state index is 13.3. The topological polar surface area (TPSA) is 78.3 Å². The highest BCUT2D eigenvalue weighted by molar-refractivity contribution is 6.30. The van der Waals surface area contributed by atoms with Crippen LogP contribution in [0.15, 0.2) is 36.4 Å². The average Bonchev–Trinajstić information content (AvgIpc) is 2.36. The summed E-state index contributed by atoms with van der Waals surface area (Å²) >= 11 is 5.57. The predicted octanol–water partition coefficient (Wildman–Crippen LogP) is 2.95. The number of hydrogen-bond acceptors (Lipinski definition) is 3. The van der Waals surface area contributed by atoms with Crippen LogP contribution in [0.5, 0.6) is 11.5 Å². The quantitative estimate of drug-likeness (QED) is 0.849. The van der Waals surface area contributed by atoms with E-state index in [0.29, 0.717) is 5.69 Å². The van der Waals surface area contributed by atoms with E-state index in [1.54, 1.807) is 0 Å². The fourth-order valence-corrected chi connectivity index (χ4v) is 1.56.